The third-order valence-electron chi connectivity index (χ3n) is 3.70. The van der Waals surface area contributed by atoms with Crippen LogP contribution in [0.4, 0.5) is 17.6 Å². The molecule has 0 saturated heterocycles. The van der Waals surface area contributed by atoms with Crippen molar-refractivity contribution in [1.82, 2.24) is 9.55 Å². The summed E-state index contributed by atoms with van der Waals surface area (Å²) in [7, 11) is 0. The quantitative estimate of drug-likeness (QED) is 0.636. The van der Waals surface area contributed by atoms with Gasteiger partial charge in [0.1, 0.15) is 5.82 Å². The Bertz CT molecular complexity index is 1060. The van der Waals surface area contributed by atoms with Gasteiger partial charge in [-0.2, -0.15) is 13.2 Å². The van der Waals surface area contributed by atoms with E-state index >= 15 is 0 Å². The van der Waals surface area contributed by atoms with E-state index in [2.05, 4.69) is 4.98 Å². The van der Waals surface area contributed by atoms with Gasteiger partial charge in [-0.3, -0.25) is 9.78 Å². The molecule has 2 aromatic heterocycles. The molecule has 30 heavy (non-hydrogen) atoms. The number of rotatable bonds is 4. The van der Waals surface area contributed by atoms with Crippen LogP contribution in [0.3, 0.4) is 0 Å². The predicted molar refractivity (Wildman–Crippen MR) is 103 cm³/mol. The molecule has 1 N–H and O–H groups in total. The molecular formula is C21H16F4N2O3. The van der Waals surface area contributed by atoms with Gasteiger partial charge in [0.2, 0.25) is 0 Å². The second-order valence-electron chi connectivity index (χ2n) is 5.88. The second-order valence-corrected chi connectivity index (χ2v) is 5.88. The summed E-state index contributed by atoms with van der Waals surface area (Å²) in [5, 5.41) is 7.12. The van der Waals surface area contributed by atoms with Crippen LogP contribution in [0, 0.1) is 5.82 Å². The van der Waals surface area contributed by atoms with Crippen LogP contribution in [-0.2, 0) is 11.3 Å². The van der Waals surface area contributed by atoms with Crippen molar-refractivity contribution in [1.29, 1.82) is 0 Å². The molecule has 0 amide bonds. The minimum atomic E-state index is -5.08. The number of benzene rings is 1. The number of nitrogens with zero attached hydrogens (tertiary/aromatic N) is 2. The van der Waals surface area contributed by atoms with Gasteiger partial charge in [0, 0.05) is 30.6 Å². The number of hydrogen-bond donors (Lipinski definition) is 1. The Hall–Kier alpha value is -3.75. The number of aromatic nitrogens is 2. The summed E-state index contributed by atoms with van der Waals surface area (Å²) in [5.41, 5.74) is 2.63. The summed E-state index contributed by atoms with van der Waals surface area (Å²) in [5.74, 6) is -3.01. The number of pyridine rings is 2. The summed E-state index contributed by atoms with van der Waals surface area (Å²) >= 11 is 0. The van der Waals surface area contributed by atoms with E-state index in [1.807, 2.05) is 30.4 Å². The van der Waals surface area contributed by atoms with E-state index in [9.17, 15) is 22.4 Å². The average molecular weight is 420 g/mol. The van der Waals surface area contributed by atoms with Gasteiger partial charge in [-0.05, 0) is 35.9 Å². The lowest BCUT2D eigenvalue weighted by atomic mass is 10.1. The monoisotopic (exact) mass is 420 g/mol. The molecule has 0 atom stereocenters. The lowest BCUT2D eigenvalue weighted by Gasteiger charge is -2.02. The minimum Gasteiger partial charge on any atom is -0.475 e. The number of hydrogen-bond acceptors (Lipinski definition) is 3. The first-order valence-corrected chi connectivity index (χ1v) is 8.51. The lowest BCUT2D eigenvalue weighted by Crippen LogP contribution is -2.21. The molecule has 0 aliphatic carbocycles. The normalized spacial score (nSPS) is 11.1. The molecule has 5 nitrogen and oxygen atoms in total. The van der Waals surface area contributed by atoms with Gasteiger partial charge in [-0.15, -0.1) is 0 Å². The highest BCUT2D eigenvalue weighted by atomic mass is 19.4. The molecule has 0 unspecified atom stereocenters. The van der Waals surface area contributed by atoms with Crippen molar-refractivity contribution in [3.05, 3.63) is 94.9 Å². The van der Waals surface area contributed by atoms with Gasteiger partial charge < -0.3 is 9.67 Å². The summed E-state index contributed by atoms with van der Waals surface area (Å²) in [6.07, 6.45) is 2.18. The number of aliphatic carboxylic acids is 1. The van der Waals surface area contributed by atoms with E-state index in [1.165, 1.54) is 18.2 Å². The maximum absolute atomic E-state index is 12.9. The average Bonchev–Trinajstić information content (AvgIpc) is 2.70. The summed E-state index contributed by atoms with van der Waals surface area (Å²) in [6, 6.07) is 15.2. The highest BCUT2D eigenvalue weighted by Crippen LogP contribution is 2.19. The van der Waals surface area contributed by atoms with Crippen LogP contribution in [0.25, 0.3) is 17.2 Å². The van der Waals surface area contributed by atoms with Gasteiger partial charge in [-0.1, -0.05) is 30.3 Å². The SMILES string of the molecule is O=C(O)C(F)(F)F.O=c1ccccn1CC=Cc1ccc(-c2ccc(F)cc2)cn1. The molecule has 0 bridgehead atoms. The fraction of sp³-hybridized carbons (Fsp3) is 0.0952. The van der Waals surface area contributed by atoms with Crippen molar-refractivity contribution >= 4 is 12.0 Å². The molecule has 3 rings (SSSR count). The Balaban J connectivity index is 0.000000396. The van der Waals surface area contributed by atoms with E-state index in [1.54, 1.807) is 35.2 Å². The molecule has 2 heterocycles. The number of carboxylic acid groups (broad SMARTS) is 1. The Labute approximate surface area is 168 Å². The smallest absolute Gasteiger partial charge is 0.475 e. The molecule has 1 aromatic carbocycles. The molecule has 0 aliphatic rings. The maximum atomic E-state index is 12.9. The Morgan fingerprint density at radius 3 is 2.20 bits per heavy atom. The number of alkyl halides is 3. The molecule has 0 fully saturated rings. The Morgan fingerprint density at radius 2 is 1.67 bits per heavy atom. The van der Waals surface area contributed by atoms with E-state index in [0.717, 1.165) is 16.8 Å². The van der Waals surface area contributed by atoms with Crippen LogP contribution in [0.2, 0.25) is 0 Å². The van der Waals surface area contributed by atoms with E-state index < -0.39 is 12.1 Å². The van der Waals surface area contributed by atoms with Gasteiger partial charge in [0.05, 0.1) is 5.69 Å². The largest absolute Gasteiger partial charge is 0.490 e. The summed E-state index contributed by atoms with van der Waals surface area (Å²) in [4.78, 5) is 24.8. The molecule has 0 saturated carbocycles. The van der Waals surface area contributed by atoms with E-state index in [4.69, 9.17) is 9.90 Å². The number of halogens is 4. The van der Waals surface area contributed by atoms with E-state index in [0.29, 0.717) is 6.54 Å². The highest BCUT2D eigenvalue weighted by Gasteiger charge is 2.38. The van der Waals surface area contributed by atoms with Gasteiger partial charge in [0.15, 0.2) is 0 Å². The summed E-state index contributed by atoms with van der Waals surface area (Å²) < 4.78 is 46.3. The van der Waals surface area contributed by atoms with Crippen molar-refractivity contribution in [2.24, 2.45) is 0 Å². The van der Waals surface area contributed by atoms with Crippen LogP contribution in [0.15, 0.2) is 77.9 Å². The highest BCUT2D eigenvalue weighted by molar-refractivity contribution is 5.73. The third-order valence-corrected chi connectivity index (χ3v) is 3.70. The molecule has 3 aromatic rings. The first-order valence-electron chi connectivity index (χ1n) is 8.51. The second kappa shape index (κ2) is 10.1. The van der Waals surface area contributed by atoms with Crippen LogP contribution in [0.5, 0.6) is 0 Å². The predicted octanol–water partition coefficient (Wildman–Crippen LogP) is 4.40. The first kappa shape index (κ1) is 22.5. The number of allylic oxidation sites excluding steroid dienone is 1. The van der Waals surface area contributed by atoms with Crippen LogP contribution < -0.4 is 5.56 Å². The maximum Gasteiger partial charge on any atom is 0.490 e. The fourth-order valence-corrected chi connectivity index (χ4v) is 2.22. The van der Waals surface area contributed by atoms with Gasteiger partial charge in [0.25, 0.3) is 5.56 Å². The Morgan fingerprint density at radius 1 is 1.03 bits per heavy atom. The zero-order valence-corrected chi connectivity index (χ0v) is 15.4. The fourth-order valence-electron chi connectivity index (χ4n) is 2.22. The molecule has 9 heteroatoms. The minimum absolute atomic E-state index is 0.0308. The first-order chi connectivity index (χ1) is 14.2. The van der Waals surface area contributed by atoms with Gasteiger partial charge in [-0.25, -0.2) is 9.18 Å². The molecular weight excluding hydrogens is 404 g/mol. The molecule has 0 radical (unpaired) electrons. The Kier molecular flexibility index (Phi) is 7.62. The van der Waals surface area contributed by atoms with Crippen molar-refractivity contribution < 1.29 is 27.5 Å². The van der Waals surface area contributed by atoms with Gasteiger partial charge >= 0.3 is 12.1 Å². The van der Waals surface area contributed by atoms with Crippen molar-refractivity contribution in [2.45, 2.75) is 12.7 Å². The standard InChI is InChI=1S/C19H15FN2O.C2HF3O2/c20-17-9-6-15(7-10-17)16-8-11-18(21-14-16)4-3-13-22-12-2-1-5-19(22)23;3-2(4,5)1(6)7/h1-12,14H,13H2;(H,6,7). The van der Waals surface area contributed by atoms with Crippen LogP contribution in [-0.4, -0.2) is 26.8 Å². The van der Waals surface area contributed by atoms with Crippen molar-refractivity contribution in [3.63, 3.8) is 0 Å². The lowest BCUT2D eigenvalue weighted by molar-refractivity contribution is -0.192. The topological polar surface area (TPSA) is 72.2 Å². The zero-order chi connectivity index (χ0) is 22.1. The van der Waals surface area contributed by atoms with Crippen molar-refractivity contribution in [2.75, 3.05) is 0 Å². The van der Waals surface area contributed by atoms with Crippen LogP contribution >= 0.6 is 0 Å². The molecule has 0 spiro atoms. The molecule has 156 valence electrons. The number of carboxylic acids is 1. The zero-order valence-electron chi connectivity index (χ0n) is 15.4. The van der Waals surface area contributed by atoms with Crippen LogP contribution in [0.1, 0.15) is 5.69 Å². The molecule has 0 aliphatic heterocycles. The summed E-state index contributed by atoms with van der Waals surface area (Å²) in [6.45, 7) is 0.501. The number of carbonyl (C=O) groups is 1. The van der Waals surface area contributed by atoms with Crippen molar-refractivity contribution in [3.8, 4) is 11.1 Å². The van der Waals surface area contributed by atoms with E-state index in [-0.39, 0.29) is 11.4 Å². The third kappa shape index (κ3) is 7.01.